The number of aromatic nitrogens is 2. The Morgan fingerprint density at radius 2 is 1.74 bits per heavy atom. The van der Waals surface area contributed by atoms with E-state index in [2.05, 4.69) is 20.9 Å². The van der Waals surface area contributed by atoms with Crippen LogP contribution in [0.2, 0.25) is 10.0 Å². The molecule has 1 atom stereocenters. The van der Waals surface area contributed by atoms with Crippen LogP contribution in [-0.4, -0.2) is 53.3 Å². The van der Waals surface area contributed by atoms with E-state index >= 15 is 0 Å². The third-order valence-corrected chi connectivity index (χ3v) is 9.80. The molecule has 1 fully saturated rings. The molecule has 1 saturated heterocycles. The lowest BCUT2D eigenvalue weighted by Crippen LogP contribution is -2.45. The second-order valence-corrected chi connectivity index (χ2v) is 13.5. The molecule has 3 aromatic rings. The Morgan fingerprint density at radius 3 is 2.33 bits per heavy atom. The van der Waals surface area contributed by atoms with Crippen LogP contribution in [-0.2, 0) is 36.3 Å². The number of ether oxygens (including phenoxy) is 1. The van der Waals surface area contributed by atoms with Crippen LogP contribution in [0.3, 0.4) is 0 Å². The van der Waals surface area contributed by atoms with Gasteiger partial charge in [0, 0.05) is 41.0 Å². The standard InChI is InChI=1S/C26H25BrCl2N4O5S/c1-16(34)38-22-7-9-31(10-8-22)39(36,37)23-15-30-25-32(21-12-19(28)11-20(29)13-21)24(35)26(2,33(23)25)14-17-3-5-18(27)6-4-17/h3-6,11-13,15,22H,7-10,14H2,1-2H3/t26-/m1/s1. The molecule has 0 unspecified atom stereocenters. The fraction of sp³-hybridized carbons (Fsp3) is 0.346. The third-order valence-electron chi connectivity index (χ3n) is 6.97. The number of fused-ring (bicyclic) bond motifs is 1. The first-order valence-electron chi connectivity index (χ1n) is 12.2. The van der Waals surface area contributed by atoms with Crippen LogP contribution in [0.5, 0.6) is 0 Å². The summed E-state index contributed by atoms with van der Waals surface area (Å²) >= 11 is 15.9. The highest BCUT2D eigenvalue weighted by atomic mass is 79.9. The van der Waals surface area contributed by atoms with Crippen molar-refractivity contribution >= 4 is 72.7 Å². The van der Waals surface area contributed by atoms with Gasteiger partial charge in [0.2, 0.25) is 5.95 Å². The van der Waals surface area contributed by atoms with Crippen LogP contribution >= 0.6 is 39.1 Å². The molecule has 9 nitrogen and oxygen atoms in total. The number of piperidine rings is 1. The Morgan fingerprint density at radius 1 is 1.13 bits per heavy atom. The molecular weight excluding hydrogens is 631 g/mol. The molecule has 1 aromatic heterocycles. The minimum absolute atomic E-state index is 0.0907. The molecule has 0 saturated carbocycles. The zero-order valence-electron chi connectivity index (χ0n) is 21.1. The first-order valence-corrected chi connectivity index (χ1v) is 15.2. The highest BCUT2D eigenvalue weighted by Gasteiger charge is 2.52. The molecule has 39 heavy (non-hydrogen) atoms. The Labute approximate surface area is 244 Å². The van der Waals surface area contributed by atoms with Gasteiger partial charge in [-0.05, 0) is 55.7 Å². The lowest BCUT2D eigenvalue weighted by molar-refractivity contribution is -0.147. The van der Waals surface area contributed by atoms with Crippen LogP contribution in [0.15, 0.2) is 58.2 Å². The van der Waals surface area contributed by atoms with Gasteiger partial charge in [-0.15, -0.1) is 0 Å². The van der Waals surface area contributed by atoms with E-state index in [1.54, 1.807) is 25.1 Å². The van der Waals surface area contributed by atoms with Gasteiger partial charge < -0.3 is 4.74 Å². The maximum Gasteiger partial charge on any atom is 0.302 e. The molecule has 0 spiro atoms. The van der Waals surface area contributed by atoms with Crippen LogP contribution in [0.1, 0.15) is 32.3 Å². The average Bonchev–Trinajstić information content (AvgIpc) is 3.39. The molecule has 206 valence electrons. The van der Waals surface area contributed by atoms with E-state index < -0.39 is 21.5 Å². The van der Waals surface area contributed by atoms with Gasteiger partial charge in [-0.1, -0.05) is 51.3 Å². The monoisotopic (exact) mass is 654 g/mol. The quantitative estimate of drug-likeness (QED) is 0.334. The number of rotatable bonds is 6. The van der Waals surface area contributed by atoms with Crippen molar-refractivity contribution in [3.05, 3.63) is 68.7 Å². The van der Waals surface area contributed by atoms with Crippen molar-refractivity contribution < 1.29 is 22.7 Å². The van der Waals surface area contributed by atoms with Gasteiger partial charge in [0.05, 0.1) is 11.9 Å². The molecule has 2 aliphatic rings. The molecule has 1 amide bonds. The maximum atomic E-state index is 14.2. The van der Waals surface area contributed by atoms with E-state index in [9.17, 15) is 18.0 Å². The van der Waals surface area contributed by atoms with Gasteiger partial charge in [-0.3, -0.25) is 14.2 Å². The van der Waals surface area contributed by atoms with Crippen molar-refractivity contribution in [1.29, 1.82) is 0 Å². The third kappa shape index (κ3) is 5.22. The molecule has 3 heterocycles. The average molecular weight is 656 g/mol. The summed E-state index contributed by atoms with van der Waals surface area (Å²) in [5.74, 6) is -0.600. The Kier molecular flexibility index (Phi) is 7.58. The SMILES string of the molecule is CC(=O)OC1CCN(S(=O)(=O)c2cnc3n2[C@](C)(Cc2ccc(Br)cc2)C(=O)N3c2cc(Cl)cc(Cl)c2)CC1. The second-order valence-electron chi connectivity index (χ2n) is 9.79. The van der Waals surface area contributed by atoms with E-state index in [4.69, 9.17) is 27.9 Å². The summed E-state index contributed by atoms with van der Waals surface area (Å²) in [7, 11) is -4.06. The number of benzene rings is 2. The first-order chi connectivity index (χ1) is 18.4. The Hall–Kier alpha value is -2.44. The number of esters is 1. The predicted octanol–water partition coefficient (Wildman–Crippen LogP) is 5.30. The van der Waals surface area contributed by atoms with E-state index in [-0.39, 0.29) is 42.5 Å². The van der Waals surface area contributed by atoms with E-state index in [0.717, 1.165) is 10.0 Å². The van der Waals surface area contributed by atoms with Gasteiger partial charge in [-0.2, -0.15) is 4.31 Å². The summed E-state index contributed by atoms with van der Waals surface area (Å²) in [6.45, 7) is 3.39. The van der Waals surface area contributed by atoms with Crippen molar-refractivity contribution in [1.82, 2.24) is 13.9 Å². The summed E-state index contributed by atoms with van der Waals surface area (Å²) in [6, 6.07) is 12.2. The molecule has 0 N–H and O–H groups in total. The number of nitrogens with zero attached hydrogens (tertiary/aromatic N) is 4. The van der Waals surface area contributed by atoms with Crippen molar-refractivity contribution in [3.8, 4) is 0 Å². The van der Waals surface area contributed by atoms with Crippen LogP contribution in [0.25, 0.3) is 0 Å². The number of imidazole rings is 1. The maximum absolute atomic E-state index is 14.2. The molecule has 2 aromatic carbocycles. The predicted molar refractivity (Wildman–Crippen MR) is 151 cm³/mol. The van der Waals surface area contributed by atoms with Crippen molar-refractivity contribution in [2.24, 2.45) is 0 Å². The summed E-state index contributed by atoms with van der Waals surface area (Å²) in [5.41, 5.74) is -0.104. The van der Waals surface area contributed by atoms with E-state index in [1.165, 1.54) is 26.9 Å². The first kappa shape index (κ1) is 28.1. The number of carbonyl (C=O) groups is 2. The molecule has 2 aliphatic heterocycles. The summed E-state index contributed by atoms with van der Waals surface area (Å²) in [5, 5.41) is 0.564. The summed E-state index contributed by atoms with van der Waals surface area (Å²) < 4.78 is 36.9. The molecule has 5 rings (SSSR count). The van der Waals surface area contributed by atoms with Crippen molar-refractivity contribution in [2.75, 3.05) is 18.0 Å². The van der Waals surface area contributed by atoms with Gasteiger partial charge >= 0.3 is 5.97 Å². The van der Waals surface area contributed by atoms with Crippen LogP contribution < -0.4 is 4.90 Å². The van der Waals surface area contributed by atoms with Crippen molar-refractivity contribution in [3.63, 3.8) is 0 Å². The lowest BCUT2D eigenvalue weighted by atomic mass is 9.92. The number of hydrogen-bond acceptors (Lipinski definition) is 6. The van der Waals surface area contributed by atoms with E-state index in [0.29, 0.717) is 28.6 Å². The van der Waals surface area contributed by atoms with Crippen LogP contribution in [0, 0.1) is 0 Å². The number of hydrogen-bond donors (Lipinski definition) is 0. The number of carbonyl (C=O) groups excluding carboxylic acids is 2. The number of anilines is 2. The molecule has 0 aliphatic carbocycles. The number of sulfonamides is 1. The van der Waals surface area contributed by atoms with Crippen LogP contribution in [0.4, 0.5) is 11.6 Å². The minimum Gasteiger partial charge on any atom is -0.462 e. The zero-order valence-corrected chi connectivity index (χ0v) is 25.0. The molecular formula is C26H25BrCl2N4O5S. The summed E-state index contributed by atoms with van der Waals surface area (Å²) in [6.07, 6.45) is 1.92. The van der Waals surface area contributed by atoms with Gasteiger partial charge in [0.25, 0.3) is 15.9 Å². The fourth-order valence-electron chi connectivity index (χ4n) is 5.17. The Balaban J connectivity index is 1.59. The highest BCUT2D eigenvalue weighted by molar-refractivity contribution is 9.10. The molecule has 13 heteroatoms. The summed E-state index contributed by atoms with van der Waals surface area (Å²) in [4.78, 5) is 31.3. The van der Waals surface area contributed by atoms with Gasteiger partial charge in [-0.25, -0.2) is 18.3 Å². The normalized spacial score (nSPS) is 20.3. The van der Waals surface area contributed by atoms with Gasteiger partial charge in [0.15, 0.2) is 5.03 Å². The Bertz CT molecular complexity index is 1530. The number of halogens is 3. The van der Waals surface area contributed by atoms with Gasteiger partial charge in [0.1, 0.15) is 11.6 Å². The topological polar surface area (TPSA) is 102 Å². The second kappa shape index (κ2) is 10.5. The lowest BCUT2D eigenvalue weighted by Gasteiger charge is -2.32. The largest absolute Gasteiger partial charge is 0.462 e. The van der Waals surface area contributed by atoms with E-state index in [1.807, 2.05) is 24.3 Å². The smallest absolute Gasteiger partial charge is 0.302 e. The molecule has 0 bridgehead atoms. The fourth-order valence-corrected chi connectivity index (χ4v) is 7.61. The van der Waals surface area contributed by atoms with Crippen molar-refractivity contribution in [2.45, 2.75) is 49.8 Å². The number of amides is 1. The minimum atomic E-state index is -4.06. The highest BCUT2D eigenvalue weighted by Crippen LogP contribution is 2.45. The molecule has 0 radical (unpaired) electrons. The zero-order chi connectivity index (χ0) is 28.1.